The maximum absolute atomic E-state index is 12.2. The number of aromatic nitrogens is 1. The highest BCUT2D eigenvalue weighted by molar-refractivity contribution is 8.00. The topological polar surface area (TPSA) is 79.3 Å². The summed E-state index contributed by atoms with van der Waals surface area (Å²) in [5.41, 5.74) is 0.471. The van der Waals surface area contributed by atoms with Gasteiger partial charge in [0.25, 0.3) is 0 Å². The van der Waals surface area contributed by atoms with Crippen LogP contribution in [0.4, 0.5) is 0 Å². The van der Waals surface area contributed by atoms with Crippen LogP contribution in [0, 0.1) is 11.8 Å². The molecule has 2 N–H and O–H groups in total. The first kappa shape index (κ1) is 16.3. The van der Waals surface area contributed by atoms with E-state index in [0.717, 1.165) is 18.6 Å². The van der Waals surface area contributed by atoms with Crippen LogP contribution in [0.2, 0.25) is 0 Å². The number of rotatable bonds is 4. The molecule has 0 bridgehead atoms. The monoisotopic (exact) mass is 326 g/mol. The Morgan fingerprint density at radius 1 is 1.43 bits per heavy atom. The number of hydrogen-bond acceptors (Lipinski definition) is 5. The van der Waals surface area contributed by atoms with Gasteiger partial charge >= 0.3 is 0 Å². The molecule has 0 amide bonds. The minimum absolute atomic E-state index is 0.105. The molecular formula is C14H18N2O3S2. The molecule has 0 spiro atoms. The van der Waals surface area contributed by atoms with Crippen molar-refractivity contribution < 1.29 is 13.5 Å². The molecular weight excluding hydrogens is 308 g/mol. The molecule has 0 radical (unpaired) electrons. The summed E-state index contributed by atoms with van der Waals surface area (Å²) in [6.07, 6.45) is 6.20. The van der Waals surface area contributed by atoms with E-state index >= 15 is 0 Å². The second kappa shape index (κ2) is 7.80. The van der Waals surface area contributed by atoms with Crippen LogP contribution in [0.3, 0.4) is 0 Å². The highest BCUT2D eigenvalue weighted by Crippen LogP contribution is 2.24. The molecule has 1 unspecified atom stereocenters. The fourth-order valence-electron chi connectivity index (χ4n) is 2.03. The molecule has 0 aliphatic carbocycles. The van der Waals surface area contributed by atoms with Gasteiger partial charge in [-0.1, -0.05) is 18.3 Å². The Bertz CT molecular complexity index is 629. The number of thioether (sulfide) groups is 1. The van der Waals surface area contributed by atoms with E-state index in [1.54, 1.807) is 0 Å². The third kappa shape index (κ3) is 5.00. The molecule has 5 nitrogen and oxygen atoms in total. The lowest BCUT2D eigenvalue weighted by Gasteiger charge is -2.21. The minimum atomic E-state index is -3.56. The lowest BCUT2D eigenvalue weighted by Crippen LogP contribution is -2.32. The number of pyridine rings is 1. The molecule has 1 saturated heterocycles. The van der Waals surface area contributed by atoms with Gasteiger partial charge in [-0.2, -0.15) is 11.8 Å². The van der Waals surface area contributed by atoms with Gasteiger partial charge in [0.15, 0.2) is 0 Å². The van der Waals surface area contributed by atoms with Crippen LogP contribution in [0.15, 0.2) is 23.4 Å². The van der Waals surface area contributed by atoms with E-state index in [1.807, 2.05) is 11.8 Å². The molecule has 0 saturated carbocycles. The number of nitrogens with one attached hydrogen (secondary N) is 1. The second-order valence-electron chi connectivity index (χ2n) is 4.71. The Hall–Kier alpha value is -1.07. The van der Waals surface area contributed by atoms with E-state index in [4.69, 9.17) is 5.11 Å². The van der Waals surface area contributed by atoms with Crippen LogP contribution in [0.25, 0.3) is 0 Å². The van der Waals surface area contributed by atoms with Gasteiger partial charge in [0, 0.05) is 29.8 Å². The third-order valence-electron chi connectivity index (χ3n) is 3.11. The molecule has 1 atom stereocenters. The average Bonchev–Trinajstić information content (AvgIpc) is 2.52. The van der Waals surface area contributed by atoms with E-state index in [1.165, 1.54) is 24.9 Å². The van der Waals surface area contributed by atoms with Crippen molar-refractivity contribution in [1.82, 2.24) is 9.71 Å². The second-order valence-corrected chi connectivity index (χ2v) is 7.88. The van der Waals surface area contributed by atoms with Crippen molar-refractivity contribution in [2.45, 2.75) is 29.4 Å². The molecule has 21 heavy (non-hydrogen) atoms. The number of aliphatic hydroxyl groups excluding tert-OH is 1. The summed E-state index contributed by atoms with van der Waals surface area (Å²) in [4.78, 5) is 3.99. The van der Waals surface area contributed by atoms with Crippen molar-refractivity contribution in [1.29, 1.82) is 0 Å². The predicted octanol–water partition coefficient (Wildman–Crippen LogP) is 0.989. The van der Waals surface area contributed by atoms with E-state index in [9.17, 15) is 8.42 Å². The third-order valence-corrected chi connectivity index (χ3v) is 5.90. The first-order valence-corrected chi connectivity index (χ1v) is 9.31. The summed E-state index contributed by atoms with van der Waals surface area (Å²) in [5, 5.41) is 9.00. The van der Waals surface area contributed by atoms with Crippen LogP contribution >= 0.6 is 11.8 Å². The highest BCUT2D eigenvalue weighted by Gasteiger charge is 2.19. The highest BCUT2D eigenvalue weighted by atomic mass is 32.2. The lowest BCUT2D eigenvalue weighted by molar-refractivity contribution is 0.350. The zero-order chi connectivity index (χ0) is 15.1. The Morgan fingerprint density at radius 2 is 2.29 bits per heavy atom. The Morgan fingerprint density at radius 3 is 3.00 bits per heavy atom. The molecule has 2 heterocycles. The molecule has 0 aromatic carbocycles. The van der Waals surface area contributed by atoms with Crippen LogP contribution < -0.4 is 4.72 Å². The van der Waals surface area contributed by atoms with Crippen molar-refractivity contribution in [3.8, 4) is 11.8 Å². The largest absolute Gasteiger partial charge is 0.384 e. The van der Waals surface area contributed by atoms with E-state index in [-0.39, 0.29) is 11.5 Å². The van der Waals surface area contributed by atoms with Gasteiger partial charge in [-0.25, -0.2) is 13.1 Å². The summed E-state index contributed by atoms with van der Waals surface area (Å²) in [7, 11) is -3.56. The van der Waals surface area contributed by atoms with Crippen molar-refractivity contribution in [2.75, 3.05) is 18.9 Å². The lowest BCUT2D eigenvalue weighted by atomic mass is 10.2. The molecule has 7 heteroatoms. The molecule has 114 valence electrons. The van der Waals surface area contributed by atoms with E-state index in [0.29, 0.717) is 17.4 Å². The molecule has 1 aliphatic rings. The van der Waals surface area contributed by atoms with Gasteiger partial charge in [0.05, 0.1) is 0 Å². The first-order chi connectivity index (χ1) is 10.1. The van der Waals surface area contributed by atoms with Gasteiger partial charge in [-0.3, -0.25) is 4.98 Å². The van der Waals surface area contributed by atoms with Crippen molar-refractivity contribution in [2.24, 2.45) is 0 Å². The van der Waals surface area contributed by atoms with Crippen LogP contribution in [0.1, 0.15) is 24.8 Å². The van der Waals surface area contributed by atoms with E-state index in [2.05, 4.69) is 21.5 Å². The van der Waals surface area contributed by atoms with Crippen molar-refractivity contribution >= 4 is 21.8 Å². The van der Waals surface area contributed by atoms with Crippen LogP contribution in [-0.4, -0.2) is 42.7 Å². The number of nitrogens with zero attached hydrogens (tertiary/aromatic N) is 1. The standard InChI is InChI=1S/C14H18N2O3S2/c17-6-3-4-12-8-14(11-15-9-12)21(18,19)16-10-13-5-1-2-7-20-13/h8-9,11,13,16-17H,1-2,5-7,10H2. The van der Waals surface area contributed by atoms with Gasteiger partial charge in [-0.15, -0.1) is 0 Å². The maximum Gasteiger partial charge on any atom is 0.242 e. The van der Waals surface area contributed by atoms with Crippen molar-refractivity contribution in [3.05, 3.63) is 24.0 Å². The zero-order valence-electron chi connectivity index (χ0n) is 11.6. The van der Waals surface area contributed by atoms with Gasteiger partial charge in [0.1, 0.15) is 11.5 Å². The molecule has 1 aromatic heterocycles. The smallest absolute Gasteiger partial charge is 0.242 e. The van der Waals surface area contributed by atoms with Gasteiger partial charge in [-0.05, 0) is 24.7 Å². The summed E-state index contributed by atoms with van der Waals surface area (Å²) in [5.74, 6) is 6.22. The van der Waals surface area contributed by atoms with Crippen LogP contribution in [-0.2, 0) is 10.0 Å². The number of aliphatic hydroxyl groups is 1. The Balaban J connectivity index is 2.04. The summed E-state index contributed by atoms with van der Waals surface area (Å²) in [6.45, 7) is 0.174. The minimum Gasteiger partial charge on any atom is -0.384 e. The van der Waals surface area contributed by atoms with Crippen molar-refractivity contribution in [3.63, 3.8) is 0 Å². The van der Waals surface area contributed by atoms with Crippen LogP contribution in [0.5, 0.6) is 0 Å². The first-order valence-electron chi connectivity index (χ1n) is 6.78. The molecule has 1 aromatic rings. The maximum atomic E-state index is 12.2. The molecule has 1 aliphatic heterocycles. The fraction of sp³-hybridized carbons (Fsp3) is 0.500. The number of sulfonamides is 1. The number of hydrogen-bond donors (Lipinski definition) is 2. The summed E-state index contributed by atoms with van der Waals surface area (Å²) < 4.78 is 27.1. The molecule has 2 rings (SSSR count). The van der Waals surface area contributed by atoms with Gasteiger partial charge in [0.2, 0.25) is 10.0 Å². The Kier molecular flexibility index (Phi) is 6.06. The van der Waals surface area contributed by atoms with Gasteiger partial charge < -0.3 is 5.11 Å². The SMILES string of the molecule is O=S(=O)(NCC1CCCCS1)c1cncc(C#CCO)c1. The predicted molar refractivity (Wildman–Crippen MR) is 83.5 cm³/mol. The average molecular weight is 326 g/mol. The fourth-order valence-corrected chi connectivity index (χ4v) is 4.44. The quantitative estimate of drug-likeness (QED) is 0.807. The Labute approximate surface area is 129 Å². The zero-order valence-corrected chi connectivity index (χ0v) is 13.2. The molecule has 1 fully saturated rings. The summed E-state index contributed by atoms with van der Waals surface area (Å²) in [6, 6.07) is 1.46. The summed E-state index contributed by atoms with van der Waals surface area (Å²) >= 11 is 1.82. The van der Waals surface area contributed by atoms with E-state index < -0.39 is 10.0 Å². The normalized spacial score (nSPS) is 18.8.